The van der Waals surface area contributed by atoms with Crippen molar-refractivity contribution >= 4 is 29.7 Å². The molecule has 1 N–H and O–H groups in total. The van der Waals surface area contributed by atoms with Crippen LogP contribution in [0.15, 0.2) is 41.8 Å². The number of aryl methyl sites for hydroxylation is 1. The van der Waals surface area contributed by atoms with Gasteiger partial charge in [0.15, 0.2) is 6.61 Å². The molecule has 28 heavy (non-hydrogen) atoms. The van der Waals surface area contributed by atoms with Crippen LogP contribution in [0.25, 0.3) is 0 Å². The molecule has 0 saturated carbocycles. The fraction of sp³-hybridized carbons (Fsp3) is 0.500. The van der Waals surface area contributed by atoms with Gasteiger partial charge in [-0.3, -0.25) is 9.69 Å². The summed E-state index contributed by atoms with van der Waals surface area (Å²) in [5.41, 5.74) is 1.27. The molecule has 154 valence electrons. The van der Waals surface area contributed by atoms with Crippen molar-refractivity contribution in [3.05, 3.63) is 52.2 Å². The predicted molar refractivity (Wildman–Crippen MR) is 119 cm³/mol. The molecule has 6 heteroatoms. The third-order valence-electron chi connectivity index (χ3n) is 5.15. The summed E-state index contributed by atoms with van der Waals surface area (Å²) in [7, 11) is 0. The van der Waals surface area contributed by atoms with Crippen LogP contribution in [0.1, 0.15) is 49.1 Å². The zero-order valence-electron chi connectivity index (χ0n) is 16.6. The van der Waals surface area contributed by atoms with Gasteiger partial charge in [-0.2, -0.15) is 0 Å². The number of nitrogens with one attached hydrogen (secondary N) is 1. The first-order valence-corrected chi connectivity index (χ1v) is 10.9. The van der Waals surface area contributed by atoms with Crippen LogP contribution in [-0.2, 0) is 11.2 Å². The second kappa shape index (κ2) is 12.1. The van der Waals surface area contributed by atoms with Crippen LogP contribution >= 0.6 is 23.7 Å². The molecule has 1 aromatic heterocycles. The van der Waals surface area contributed by atoms with E-state index >= 15 is 0 Å². The van der Waals surface area contributed by atoms with Gasteiger partial charge in [0.2, 0.25) is 0 Å². The number of carbonyl (C=O) groups is 1. The second-order valence-corrected chi connectivity index (χ2v) is 8.05. The second-order valence-electron chi connectivity index (χ2n) is 7.07. The molecule has 1 fully saturated rings. The van der Waals surface area contributed by atoms with Crippen LogP contribution in [0, 0.1) is 0 Å². The van der Waals surface area contributed by atoms with Crippen LogP contribution in [0.5, 0.6) is 5.75 Å². The summed E-state index contributed by atoms with van der Waals surface area (Å²) in [5.74, 6) is 0.677. The number of amides is 1. The Bertz CT molecular complexity index is 683. The lowest BCUT2D eigenvalue weighted by Crippen LogP contribution is -2.39. The summed E-state index contributed by atoms with van der Waals surface area (Å²) in [6.45, 7) is 5.04. The first kappa shape index (κ1) is 22.7. The topological polar surface area (TPSA) is 41.6 Å². The van der Waals surface area contributed by atoms with Crippen molar-refractivity contribution in [2.45, 2.75) is 45.1 Å². The van der Waals surface area contributed by atoms with E-state index in [0.29, 0.717) is 6.54 Å². The molecule has 2 aromatic rings. The van der Waals surface area contributed by atoms with Gasteiger partial charge < -0.3 is 10.1 Å². The lowest BCUT2D eigenvalue weighted by atomic mass is 10.2. The van der Waals surface area contributed by atoms with Gasteiger partial charge in [-0.05, 0) is 61.5 Å². The van der Waals surface area contributed by atoms with E-state index in [1.807, 2.05) is 24.3 Å². The Kier molecular flexibility index (Phi) is 9.82. The monoisotopic (exact) mass is 422 g/mol. The van der Waals surface area contributed by atoms with Gasteiger partial charge in [0.05, 0.1) is 6.04 Å². The first-order chi connectivity index (χ1) is 13.3. The Morgan fingerprint density at radius 1 is 1.14 bits per heavy atom. The maximum absolute atomic E-state index is 12.3. The molecule has 0 bridgehead atoms. The average molecular weight is 423 g/mol. The van der Waals surface area contributed by atoms with Gasteiger partial charge in [0.25, 0.3) is 5.91 Å². The summed E-state index contributed by atoms with van der Waals surface area (Å²) in [4.78, 5) is 16.2. The molecule has 0 radical (unpaired) electrons. The number of hydrogen-bond donors (Lipinski definition) is 1. The van der Waals surface area contributed by atoms with E-state index < -0.39 is 0 Å². The van der Waals surface area contributed by atoms with Gasteiger partial charge in [0.1, 0.15) is 5.75 Å². The molecular weight excluding hydrogens is 392 g/mol. The minimum absolute atomic E-state index is 0. The largest absolute Gasteiger partial charge is 0.484 e. The zero-order chi connectivity index (χ0) is 18.9. The number of nitrogens with zero attached hydrogens (tertiary/aromatic N) is 1. The molecule has 1 atom stereocenters. The minimum atomic E-state index is -0.0639. The third kappa shape index (κ3) is 6.80. The maximum Gasteiger partial charge on any atom is 0.258 e. The van der Waals surface area contributed by atoms with Crippen LogP contribution in [0.4, 0.5) is 0 Å². The van der Waals surface area contributed by atoms with E-state index in [1.165, 1.54) is 36.1 Å². The molecule has 4 nitrogen and oxygen atoms in total. The normalized spacial score (nSPS) is 15.9. The Morgan fingerprint density at radius 2 is 1.86 bits per heavy atom. The number of hydrogen-bond acceptors (Lipinski definition) is 4. The van der Waals surface area contributed by atoms with Gasteiger partial charge in [0, 0.05) is 11.4 Å². The summed E-state index contributed by atoms with van der Waals surface area (Å²) < 4.78 is 5.63. The third-order valence-corrected chi connectivity index (χ3v) is 6.12. The standard InChI is InChI=1S/C22H30N2O2S.ClH/c1-2-18-9-11-19(12-10-18)26-17-22(25)23-16-20(21-8-7-15-27-21)24-13-5-3-4-6-14-24;/h7-12,15,20H,2-6,13-14,16-17H2,1H3,(H,23,25);1H. The van der Waals surface area contributed by atoms with Crippen molar-refractivity contribution in [2.75, 3.05) is 26.2 Å². The number of likely N-dealkylation sites (tertiary alicyclic amines) is 1. The minimum Gasteiger partial charge on any atom is -0.484 e. The summed E-state index contributed by atoms with van der Waals surface area (Å²) in [5, 5.41) is 5.20. The maximum atomic E-state index is 12.3. The molecule has 0 aliphatic carbocycles. The number of benzene rings is 1. The highest BCUT2D eigenvalue weighted by Gasteiger charge is 2.23. The SMILES string of the molecule is CCc1ccc(OCC(=O)NCC(c2cccs2)N2CCCCCC2)cc1.Cl. The average Bonchev–Trinajstić information content (AvgIpc) is 3.10. The zero-order valence-corrected chi connectivity index (χ0v) is 18.2. The Hall–Kier alpha value is -1.56. The molecular formula is C22H31ClN2O2S. The lowest BCUT2D eigenvalue weighted by molar-refractivity contribution is -0.123. The Labute approximate surface area is 178 Å². The number of carbonyl (C=O) groups excluding carboxylic acids is 1. The number of halogens is 1. The number of ether oxygens (including phenoxy) is 1. The molecule has 1 aliphatic rings. The van der Waals surface area contributed by atoms with E-state index in [2.05, 4.69) is 34.7 Å². The fourth-order valence-corrected chi connectivity index (χ4v) is 4.39. The van der Waals surface area contributed by atoms with Crippen molar-refractivity contribution in [1.82, 2.24) is 10.2 Å². The van der Waals surface area contributed by atoms with Crippen molar-refractivity contribution in [3.8, 4) is 5.75 Å². The number of thiophene rings is 1. The molecule has 1 aromatic carbocycles. The Morgan fingerprint density at radius 3 is 2.46 bits per heavy atom. The van der Waals surface area contributed by atoms with Crippen molar-refractivity contribution in [3.63, 3.8) is 0 Å². The van der Waals surface area contributed by atoms with Crippen LogP contribution in [0.2, 0.25) is 0 Å². The highest BCUT2D eigenvalue weighted by molar-refractivity contribution is 7.10. The molecule has 3 rings (SSSR count). The van der Waals surface area contributed by atoms with Crippen LogP contribution < -0.4 is 10.1 Å². The Balaban J connectivity index is 0.00000280. The van der Waals surface area contributed by atoms with Crippen molar-refractivity contribution in [1.29, 1.82) is 0 Å². The van der Waals surface area contributed by atoms with E-state index in [0.717, 1.165) is 25.3 Å². The summed E-state index contributed by atoms with van der Waals surface area (Å²) in [6.07, 6.45) is 6.11. The summed E-state index contributed by atoms with van der Waals surface area (Å²) >= 11 is 1.77. The van der Waals surface area contributed by atoms with Crippen molar-refractivity contribution < 1.29 is 9.53 Å². The van der Waals surface area contributed by atoms with E-state index in [-0.39, 0.29) is 31.0 Å². The number of rotatable bonds is 8. The highest BCUT2D eigenvalue weighted by atomic mass is 35.5. The molecule has 0 spiro atoms. The van der Waals surface area contributed by atoms with E-state index in [4.69, 9.17) is 4.74 Å². The van der Waals surface area contributed by atoms with Gasteiger partial charge in [-0.15, -0.1) is 23.7 Å². The molecule has 1 aliphatic heterocycles. The summed E-state index contributed by atoms with van der Waals surface area (Å²) in [6, 6.07) is 12.5. The molecule has 1 saturated heterocycles. The van der Waals surface area contributed by atoms with Gasteiger partial charge in [-0.25, -0.2) is 0 Å². The van der Waals surface area contributed by atoms with E-state index in [9.17, 15) is 4.79 Å². The van der Waals surface area contributed by atoms with Crippen molar-refractivity contribution in [2.24, 2.45) is 0 Å². The van der Waals surface area contributed by atoms with Crippen LogP contribution in [0.3, 0.4) is 0 Å². The van der Waals surface area contributed by atoms with E-state index in [1.54, 1.807) is 11.3 Å². The van der Waals surface area contributed by atoms with Crippen LogP contribution in [-0.4, -0.2) is 37.0 Å². The quantitative estimate of drug-likeness (QED) is 0.661. The predicted octanol–water partition coefficient (Wildman–Crippen LogP) is 4.84. The molecule has 2 heterocycles. The van der Waals surface area contributed by atoms with Gasteiger partial charge in [-0.1, -0.05) is 38.0 Å². The lowest BCUT2D eigenvalue weighted by Gasteiger charge is -2.30. The first-order valence-electron chi connectivity index (χ1n) is 10.0. The smallest absolute Gasteiger partial charge is 0.258 e. The molecule has 1 unspecified atom stereocenters. The highest BCUT2D eigenvalue weighted by Crippen LogP contribution is 2.27. The fourth-order valence-electron chi connectivity index (χ4n) is 3.53. The van der Waals surface area contributed by atoms with Gasteiger partial charge >= 0.3 is 0 Å². The molecule has 1 amide bonds.